The number of nitrogens with two attached hydrogens (primary N) is 1. The van der Waals surface area contributed by atoms with Gasteiger partial charge in [-0.25, -0.2) is 0 Å². The summed E-state index contributed by atoms with van der Waals surface area (Å²) in [6.07, 6.45) is 1.01. The molecule has 2 aromatic heterocycles. The van der Waals surface area contributed by atoms with E-state index in [1.165, 1.54) is 12.7 Å². The number of aliphatic hydroxyl groups is 3. The van der Waals surface area contributed by atoms with Gasteiger partial charge in [0.1, 0.15) is 0 Å². The molecule has 0 saturated carbocycles. The van der Waals surface area contributed by atoms with Gasteiger partial charge < -0.3 is 0 Å². The van der Waals surface area contributed by atoms with E-state index in [9.17, 15) is 15.3 Å². The molecule has 5 N–H and O–H groups in total. The number of rotatable bonds is 2. The van der Waals surface area contributed by atoms with Gasteiger partial charge in [0.2, 0.25) is 0 Å². The minimum atomic E-state index is -0.939. The molecule has 1 aliphatic heterocycles. The van der Waals surface area contributed by atoms with Gasteiger partial charge in [0, 0.05) is 0 Å². The van der Waals surface area contributed by atoms with Gasteiger partial charge in [-0.3, -0.25) is 0 Å². The molecule has 102 valence electrons. The molecule has 1 saturated heterocycles. The average Bonchev–Trinajstić information content (AvgIpc) is 2.94. The second kappa shape index (κ2) is 4.69. The Morgan fingerprint density at radius 2 is 2.05 bits per heavy atom. The van der Waals surface area contributed by atoms with E-state index in [0.29, 0.717) is 11.2 Å². The van der Waals surface area contributed by atoms with Gasteiger partial charge in [-0.05, 0) is 0 Å². The predicted molar refractivity (Wildman–Crippen MR) is 67.4 cm³/mol. The summed E-state index contributed by atoms with van der Waals surface area (Å²) in [4.78, 5) is 11.5. The molecule has 0 aromatic carbocycles. The summed E-state index contributed by atoms with van der Waals surface area (Å²) in [7, 11) is 0. The molecule has 1 fully saturated rings. The van der Waals surface area contributed by atoms with Crippen molar-refractivity contribution in [1.82, 2.24) is 19.5 Å². The van der Waals surface area contributed by atoms with Crippen molar-refractivity contribution in [3.8, 4) is 0 Å². The molecule has 2 aromatic rings. The third kappa shape index (κ3) is 1.90. The molecule has 0 radical (unpaired) electrons. The van der Waals surface area contributed by atoms with Crippen molar-refractivity contribution in [2.24, 2.45) is 0 Å². The van der Waals surface area contributed by atoms with Crippen molar-refractivity contribution in [2.75, 3.05) is 12.3 Å². The Morgan fingerprint density at radius 3 is 2.74 bits per heavy atom. The van der Waals surface area contributed by atoms with E-state index >= 15 is 0 Å². The molecule has 8 nitrogen and oxygen atoms in total. The fourth-order valence-corrected chi connectivity index (χ4v) is 5.05. The predicted octanol–water partition coefficient (Wildman–Crippen LogP) is -1.87. The number of hydrogen-bond donors (Lipinski definition) is 4. The fourth-order valence-electron chi connectivity index (χ4n) is 2.17. The van der Waals surface area contributed by atoms with Crippen molar-refractivity contribution in [2.45, 2.75) is 22.0 Å². The Balaban J connectivity index is 2.04. The summed E-state index contributed by atoms with van der Waals surface area (Å²) in [6, 6.07) is 0. The molecule has 3 heterocycles. The van der Waals surface area contributed by atoms with Crippen molar-refractivity contribution in [3.05, 3.63) is 12.7 Å². The first-order chi connectivity index (χ1) is 9.13. The van der Waals surface area contributed by atoms with Crippen LogP contribution in [0.3, 0.4) is 0 Å². The number of nitrogen functional groups attached to an aromatic ring is 1. The topological polar surface area (TPSA) is 130 Å². The Labute approximate surface area is 114 Å². The van der Waals surface area contributed by atoms with Crippen molar-refractivity contribution < 1.29 is 15.3 Å². The quantitative estimate of drug-likeness (QED) is 0.475. The maximum atomic E-state index is 10.1. The van der Waals surface area contributed by atoms with Gasteiger partial charge >= 0.3 is 114 Å². The summed E-state index contributed by atoms with van der Waals surface area (Å²) >= 11 is -0.166. The van der Waals surface area contributed by atoms with E-state index in [4.69, 9.17) is 5.73 Å². The Morgan fingerprint density at radius 1 is 1.26 bits per heavy atom. The Hall–Kier alpha value is -1.25. The summed E-state index contributed by atoms with van der Waals surface area (Å²) in [6.45, 7) is -0.140. The third-order valence-corrected chi connectivity index (χ3v) is 6.46. The molecule has 19 heavy (non-hydrogen) atoms. The average molecular weight is 330 g/mol. The standard InChI is InChI=1S/C10H13N5O3Se/c11-8-5-9(13-2-12-8)15(3-14-5)10-7(18)6(17)4(1-16)19-10/h2-4,6-7,10,16-18H,1H2,(H2,11,12,13)/t4-,6-,7-,10-/m1/s1. The number of aromatic nitrogens is 4. The number of anilines is 1. The van der Waals surface area contributed by atoms with Crippen molar-refractivity contribution in [1.29, 1.82) is 0 Å². The Bertz CT molecular complexity index is 606. The van der Waals surface area contributed by atoms with E-state index < -0.39 is 12.2 Å². The molecule has 0 unspecified atom stereocenters. The van der Waals surface area contributed by atoms with Gasteiger partial charge in [0.05, 0.1) is 0 Å². The molecule has 1 aliphatic rings. The summed E-state index contributed by atoms with van der Waals surface area (Å²) in [5.41, 5.74) is 6.72. The molecule has 9 heteroatoms. The Kier molecular flexibility index (Phi) is 3.15. The van der Waals surface area contributed by atoms with Gasteiger partial charge in [0.25, 0.3) is 0 Å². The zero-order chi connectivity index (χ0) is 13.6. The maximum absolute atomic E-state index is 10.1. The van der Waals surface area contributed by atoms with Crippen LogP contribution in [0.4, 0.5) is 5.82 Å². The fraction of sp³-hybridized carbons (Fsp3) is 0.500. The minimum absolute atomic E-state index is 0.140. The van der Waals surface area contributed by atoms with Crippen LogP contribution in [-0.4, -0.2) is 68.6 Å². The summed E-state index contributed by atoms with van der Waals surface area (Å²) in [5, 5.41) is 29.2. The SMILES string of the molecule is Nc1ncnc2c1ncn2[C@@H]1[Se][C@H](CO)[C@@H](O)[C@H]1O. The van der Waals surface area contributed by atoms with Crippen LogP contribution >= 0.6 is 0 Å². The van der Waals surface area contributed by atoms with Crippen LogP contribution in [0.25, 0.3) is 11.2 Å². The summed E-state index contributed by atoms with van der Waals surface area (Å²) in [5.74, 6) is 0.281. The van der Waals surface area contributed by atoms with Gasteiger partial charge in [-0.2, -0.15) is 0 Å². The number of nitrogens with zero attached hydrogens (tertiary/aromatic N) is 4. The van der Waals surface area contributed by atoms with E-state index in [1.54, 1.807) is 4.57 Å². The molecular formula is C10H13N5O3Se. The second-order valence-electron chi connectivity index (χ2n) is 4.31. The van der Waals surface area contributed by atoms with Crippen LogP contribution in [0.5, 0.6) is 0 Å². The van der Waals surface area contributed by atoms with Crippen molar-refractivity contribution in [3.63, 3.8) is 0 Å². The van der Waals surface area contributed by atoms with Crippen LogP contribution in [-0.2, 0) is 0 Å². The summed E-state index contributed by atoms with van der Waals surface area (Å²) < 4.78 is 1.71. The molecular weight excluding hydrogens is 317 g/mol. The molecule has 3 rings (SSSR count). The monoisotopic (exact) mass is 331 g/mol. The molecule has 0 bridgehead atoms. The number of aliphatic hydroxyl groups excluding tert-OH is 3. The molecule has 0 amide bonds. The molecule has 0 aliphatic carbocycles. The van der Waals surface area contributed by atoms with Crippen LogP contribution in [0.15, 0.2) is 12.7 Å². The van der Waals surface area contributed by atoms with Crippen LogP contribution in [0.1, 0.15) is 4.94 Å². The zero-order valence-corrected chi connectivity index (χ0v) is 11.5. The first kappa shape index (κ1) is 12.8. The number of hydrogen-bond acceptors (Lipinski definition) is 7. The van der Waals surface area contributed by atoms with Crippen molar-refractivity contribution >= 4 is 31.9 Å². The zero-order valence-electron chi connectivity index (χ0n) is 9.79. The number of imidazole rings is 1. The third-order valence-electron chi connectivity index (χ3n) is 3.18. The van der Waals surface area contributed by atoms with Crippen LogP contribution in [0, 0.1) is 0 Å². The first-order valence-corrected chi connectivity index (χ1v) is 7.66. The van der Waals surface area contributed by atoms with E-state index in [2.05, 4.69) is 15.0 Å². The first-order valence-electron chi connectivity index (χ1n) is 5.69. The van der Waals surface area contributed by atoms with Gasteiger partial charge in [0.15, 0.2) is 0 Å². The molecule has 0 spiro atoms. The van der Waals surface area contributed by atoms with E-state index in [-0.39, 0.29) is 37.1 Å². The number of fused-ring (bicyclic) bond motifs is 1. The van der Waals surface area contributed by atoms with Crippen LogP contribution in [0.2, 0.25) is 4.82 Å². The second-order valence-corrected chi connectivity index (χ2v) is 7.17. The normalized spacial score (nSPS) is 31.1. The van der Waals surface area contributed by atoms with E-state index in [1.807, 2.05) is 0 Å². The van der Waals surface area contributed by atoms with E-state index in [0.717, 1.165) is 0 Å². The molecule has 4 atom stereocenters. The van der Waals surface area contributed by atoms with Gasteiger partial charge in [-0.15, -0.1) is 0 Å². The van der Waals surface area contributed by atoms with Gasteiger partial charge in [-0.1, -0.05) is 0 Å². The van der Waals surface area contributed by atoms with Crippen LogP contribution < -0.4 is 5.73 Å².